The van der Waals surface area contributed by atoms with E-state index in [4.69, 9.17) is 0 Å². The zero-order valence-corrected chi connectivity index (χ0v) is 11.1. The van der Waals surface area contributed by atoms with Crippen molar-refractivity contribution in [1.29, 1.82) is 0 Å². The third-order valence-electron chi connectivity index (χ3n) is 2.70. The van der Waals surface area contributed by atoms with E-state index in [0.29, 0.717) is 0 Å². The number of likely N-dealkylation sites (N-methyl/N-ethyl adjacent to an activating group) is 1. The van der Waals surface area contributed by atoms with E-state index in [-0.39, 0.29) is 20.1 Å². The summed E-state index contributed by atoms with van der Waals surface area (Å²) in [6.07, 6.45) is 6.30. The van der Waals surface area contributed by atoms with Crippen molar-refractivity contribution >= 4 is 6.21 Å². The minimum atomic E-state index is 0. The molecule has 0 N–H and O–H groups in total. The summed E-state index contributed by atoms with van der Waals surface area (Å²) in [6.45, 7) is 4.44. The molecule has 0 unspecified atom stereocenters. The van der Waals surface area contributed by atoms with Crippen LogP contribution in [0.15, 0.2) is 27.9 Å². The molecular formula is C11H16IrN2. The Morgan fingerprint density at radius 1 is 1.43 bits per heavy atom. The second kappa shape index (κ2) is 5.01. The van der Waals surface area contributed by atoms with Crippen molar-refractivity contribution in [2.45, 2.75) is 19.8 Å². The average molecular weight is 368 g/mol. The van der Waals surface area contributed by atoms with Crippen LogP contribution in [0.1, 0.15) is 19.8 Å². The van der Waals surface area contributed by atoms with Crippen molar-refractivity contribution in [2.24, 2.45) is 4.99 Å². The standard InChI is InChI=1S/C11H16N2.Ir/c1-9-5-11-8-13(2)4-3-10(11)7-12-6-9;/h6-7H,3-5,8H2,1-2H3;. The molecule has 0 aromatic heterocycles. The molecule has 2 aliphatic rings. The van der Waals surface area contributed by atoms with E-state index in [1.807, 2.05) is 12.4 Å². The summed E-state index contributed by atoms with van der Waals surface area (Å²) < 4.78 is 0. The van der Waals surface area contributed by atoms with Crippen LogP contribution in [0.25, 0.3) is 0 Å². The van der Waals surface area contributed by atoms with Crippen LogP contribution in [-0.4, -0.2) is 31.3 Å². The minimum Gasteiger partial charge on any atom is -0.302 e. The van der Waals surface area contributed by atoms with E-state index < -0.39 is 0 Å². The molecule has 0 bridgehead atoms. The Balaban J connectivity index is 0.000000980. The van der Waals surface area contributed by atoms with Gasteiger partial charge in [0, 0.05) is 45.6 Å². The van der Waals surface area contributed by atoms with Gasteiger partial charge in [0.05, 0.1) is 0 Å². The summed E-state index contributed by atoms with van der Waals surface area (Å²) in [6, 6.07) is 0. The molecule has 14 heavy (non-hydrogen) atoms. The first kappa shape index (κ1) is 11.8. The first-order valence-corrected chi connectivity index (χ1v) is 4.84. The molecule has 0 spiro atoms. The van der Waals surface area contributed by atoms with Crippen LogP contribution in [0.2, 0.25) is 0 Å². The second-order valence-corrected chi connectivity index (χ2v) is 4.05. The van der Waals surface area contributed by atoms with Gasteiger partial charge in [-0.25, -0.2) is 0 Å². The van der Waals surface area contributed by atoms with Crippen molar-refractivity contribution in [1.82, 2.24) is 4.90 Å². The van der Waals surface area contributed by atoms with Crippen molar-refractivity contribution in [3.8, 4) is 0 Å². The Kier molecular flexibility index (Phi) is 4.24. The van der Waals surface area contributed by atoms with Crippen LogP contribution in [0.4, 0.5) is 0 Å². The number of hydrogen-bond donors (Lipinski definition) is 0. The second-order valence-electron chi connectivity index (χ2n) is 4.05. The normalized spacial score (nSPS) is 22.3. The number of aliphatic imine (C=N–C) groups is 1. The predicted octanol–water partition coefficient (Wildman–Crippen LogP) is 1.99. The zero-order chi connectivity index (χ0) is 9.26. The first-order chi connectivity index (χ1) is 6.25. The Labute approximate surface area is 99.1 Å². The van der Waals surface area contributed by atoms with Gasteiger partial charge < -0.3 is 4.90 Å². The SMILES string of the molecule is CC1=CN=CC2=C(C1)CN(C)CC2.[Ir]. The van der Waals surface area contributed by atoms with Crippen LogP contribution in [0.3, 0.4) is 0 Å². The van der Waals surface area contributed by atoms with Gasteiger partial charge >= 0.3 is 0 Å². The first-order valence-electron chi connectivity index (χ1n) is 4.84. The van der Waals surface area contributed by atoms with Crippen LogP contribution < -0.4 is 0 Å². The molecule has 0 amide bonds. The minimum absolute atomic E-state index is 0. The Bertz CT molecular complexity index is 302. The Morgan fingerprint density at radius 2 is 2.21 bits per heavy atom. The molecule has 0 aromatic carbocycles. The van der Waals surface area contributed by atoms with E-state index in [0.717, 1.165) is 19.4 Å². The third-order valence-corrected chi connectivity index (χ3v) is 2.70. The number of rotatable bonds is 0. The van der Waals surface area contributed by atoms with Gasteiger partial charge in [-0.1, -0.05) is 5.57 Å². The quantitative estimate of drug-likeness (QED) is 0.639. The molecule has 1 radical (unpaired) electrons. The van der Waals surface area contributed by atoms with E-state index in [1.165, 1.54) is 17.7 Å². The average Bonchev–Trinajstić information content (AvgIpc) is 2.25. The predicted molar refractivity (Wildman–Crippen MR) is 56.0 cm³/mol. The number of nitrogens with zero attached hydrogens (tertiary/aromatic N) is 2. The molecule has 2 heterocycles. The fraction of sp³-hybridized carbons (Fsp3) is 0.545. The molecule has 0 saturated carbocycles. The fourth-order valence-corrected chi connectivity index (χ4v) is 1.96. The maximum Gasteiger partial charge on any atom is 0.0300 e. The molecule has 0 atom stereocenters. The molecule has 3 heteroatoms. The largest absolute Gasteiger partial charge is 0.302 e. The van der Waals surface area contributed by atoms with Gasteiger partial charge in [-0.3, -0.25) is 4.99 Å². The molecule has 2 nitrogen and oxygen atoms in total. The van der Waals surface area contributed by atoms with Gasteiger partial charge in [0.15, 0.2) is 0 Å². The van der Waals surface area contributed by atoms with E-state index in [2.05, 4.69) is 23.9 Å². The maximum atomic E-state index is 4.30. The Morgan fingerprint density at radius 3 is 3.00 bits per heavy atom. The topological polar surface area (TPSA) is 15.6 Å². The summed E-state index contributed by atoms with van der Waals surface area (Å²) in [4.78, 5) is 6.68. The van der Waals surface area contributed by atoms with Gasteiger partial charge in [-0.05, 0) is 38.0 Å². The summed E-state index contributed by atoms with van der Waals surface area (Å²) in [5.74, 6) is 0. The monoisotopic (exact) mass is 369 g/mol. The summed E-state index contributed by atoms with van der Waals surface area (Å²) >= 11 is 0. The molecule has 0 fully saturated rings. The van der Waals surface area contributed by atoms with Gasteiger partial charge in [-0.2, -0.15) is 0 Å². The summed E-state index contributed by atoms with van der Waals surface area (Å²) in [5, 5.41) is 0. The third kappa shape index (κ3) is 2.63. The van der Waals surface area contributed by atoms with E-state index in [9.17, 15) is 0 Å². The van der Waals surface area contributed by atoms with E-state index >= 15 is 0 Å². The van der Waals surface area contributed by atoms with Crippen LogP contribution in [-0.2, 0) is 20.1 Å². The maximum absolute atomic E-state index is 4.30. The van der Waals surface area contributed by atoms with Gasteiger partial charge in [0.25, 0.3) is 0 Å². The van der Waals surface area contributed by atoms with Crippen molar-refractivity contribution in [2.75, 3.05) is 20.1 Å². The van der Waals surface area contributed by atoms with Crippen LogP contribution in [0, 0.1) is 0 Å². The smallest absolute Gasteiger partial charge is 0.0300 e. The summed E-state index contributed by atoms with van der Waals surface area (Å²) in [7, 11) is 2.19. The van der Waals surface area contributed by atoms with Crippen LogP contribution in [0.5, 0.6) is 0 Å². The van der Waals surface area contributed by atoms with Gasteiger partial charge in [0.2, 0.25) is 0 Å². The molecule has 2 aliphatic heterocycles. The molecule has 2 rings (SSSR count). The number of hydrogen-bond acceptors (Lipinski definition) is 2. The zero-order valence-electron chi connectivity index (χ0n) is 8.71. The molecule has 0 aliphatic carbocycles. The molecule has 79 valence electrons. The van der Waals surface area contributed by atoms with Gasteiger partial charge in [0.1, 0.15) is 0 Å². The van der Waals surface area contributed by atoms with Gasteiger partial charge in [-0.15, -0.1) is 0 Å². The number of allylic oxidation sites excluding steroid dienone is 1. The Hall–Kier alpha value is -0.241. The molecule has 0 saturated heterocycles. The fourth-order valence-electron chi connectivity index (χ4n) is 1.96. The molecular weight excluding hydrogens is 352 g/mol. The summed E-state index contributed by atoms with van der Waals surface area (Å²) in [5.41, 5.74) is 4.39. The van der Waals surface area contributed by atoms with Crippen molar-refractivity contribution in [3.05, 3.63) is 22.9 Å². The van der Waals surface area contributed by atoms with Crippen molar-refractivity contribution < 1.29 is 20.1 Å². The van der Waals surface area contributed by atoms with Crippen molar-refractivity contribution in [3.63, 3.8) is 0 Å². The molecule has 0 aromatic rings. The van der Waals surface area contributed by atoms with Crippen LogP contribution >= 0.6 is 0 Å². The van der Waals surface area contributed by atoms with E-state index in [1.54, 1.807) is 5.57 Å².